The molecule has 4 rings (SSSR count). The van der Waals surface area contributed by atoms with Gasteiger partial charge in [-0.2, -0.15) is 0 Å². The normalized spacial score (nSPS) is 19.4. The molecule has 1 aromatic heterocycles. The number of methoxy groups -OCH3 is 1. The Morgan fingerprint density at radius 1 is 1.12 bits per heavy atom. The minimum Gasteiger partial charge on any atom is -0.466 e. The fraction of sp³-hybridized carbons (Fsp3) is 0.391. The number of piperazine rings is 1. The summed E-state index contributed by atoms with van der Waals surface area (Å²) >= 11 is 0. The molecule has 2 aliphatic heterocycles. The molecule has 2 aliphatic rings. The van der Waals surface area contributed by atoms with Crippen LogP contribution < -0.4 is 15.5 Å². The van der Waals surface area contributed by atoms with Crippen LogP contribution in [0.4, 0.5) is 10.7 Å². The van der Waals surface area contributed by atoms with Crippen LogP contribution in [-0.2, 0) is 16.0 Å². The summed E-state index contributed by atoms with van der Waals surface area (Å²) in [5.74, 6) is 0.265. The number of urea groups is 1. The van der Waals surface area contributed by atoms with E-state index in [2.05, 4.69) is 37.3 Å². The van der Waals surface area contributed by atoms with Gasteiger partial charge in [0.2, 0.25) is 5.95 Å². The van der Waals surface area contributed by atoms with Crippen LogP contribution in [0.25, 0.3) is 0 Å². The molecule has 0 aliphatic carbocycles. The van der Waals surface area contributed by atoms with E-state index in [1.165, 1.54) is 12.7 Å². The van der Waals surface area contributed by atoms with Crippen molar-refractivity contribution in [3.8, 4) is 0 Å². The molecule has 1 atom stereocenters. The Morgan fingerprint density at radius 3 is 2.44 bits per heavy atom. The molecule has 9 nitrogen and oxygen atoms in total. The standard InChI is InChI=1S/C23H28N6O3/c1-3-16-5-7-17(8-6-16)20-19(21(30)32-2)18(26-23(31)27-20)15-28-11-13-29(14-12-28)22-24-9-4-10-25-22/h4-10,20H,3,11-15H2,1-2H3,(H2,26,27,31)/t20-/m1/s1. The summed E-state index contributed by atoms with van der Waals surface area (Å²) in [6.07, 6.45) is 4.39. The van der Waals surface area contributed by atoms with Gasteiger partial charge in [0.05, 0.1) is 18.7 Å². The van der Waals surface area contributed by atoms with Gasteiger partial charge in [-0.15, -0.1) is 0 Å². The Labute approximate surface area is 187 Å². The first-order valence-electron chi connectivity index (χ1n) is 10.8. The maximum atomic E-state index is 12.8. The molecule has 0 spiro atoms. The van der Waals surface area contributed by atoms with Gasteiger partial charge < -0.3 is 20.3 Å². The predicted molar refractivity (Wildman–Crippen MR) is 120 cm³/mol. The van der Waals surface area contributed by atoms with Crippen LogP contribution in [0.5, 0.6) is 0 Å². The summed E-state index contributed by atoms with van der Waals surface area (Å²) in [5.41, 5.74) is 3.05. The van der Waals surface area contributed by atoms with Crippen molar-refractivity contribution in [1.82, 2.24) is 25.5 Å². The monoisotopic (exact) mass is 436 g/mol. The summed E-state index contributed by atoms with van der Waals surface area (Å²) in [6, 6.07) is 8.85. The Kier molecular flexibility index (Phi) is 6.65. The molecule has 2 aromatic rings. The highest BCUT2D eigenvalue weighted by atomic mass is 16.5. The maximum absolute atomic E-state index is 12.8. The van der Waals surface area contributed by atoms with Crippen molar-refractivity contribution in [1.29, 1.82) is 0 Å². The molecule has 32 heavy (non-hydrogen) atoms. The van der Waals surface area contributed by atoms with Gasteiger partial charge in [-0.1, -0.05) is 31.2 Å². The molecule has 1 fully saturated rings. The SMILES string of the molecule is CCc1ccc([C@H]2NC(=O)NC(CN3CCN(c4ncccn4)CC3)=C2C(=O)OC)cc1. The molecule has 1 aromatic carbocycles. The average molecular weight is 437 g/mol. The highest BCUT2D eigenvalue weighted by Gasteiger charge is 2.34. The van der Waals surface area contributed by atoms with Crippen LogP contribution in [0.15, 0.2) is 54.0 Å². The molecule has 2 amide bonds. The molecular formula is C23H28N6O3. The largest absolute Gasteiger partial charge is 0.466 e. The minimum absolute atomic E-state index is 0.325. The lowest BCUT2D eigenvalue weighted by atomic mass is 9.94. The molecule has 0 saturated carbocycles. The lowest BCUT2D eigenvalue weighted by Gasteiger charge is -2.37. The van der Waals surface area contributed by atoms with Gasteiger partial charge in [0, 0.05) is 50.8 Å². The van der Waals surface area contributed by atoms with Gasteiger partial charge in [-0.25, -0.2) is 19.6 Å². The number of rotatable bonds is 6. The molecular weight excluding hydrogens is 408 g/mol. The first-order chi connectivity index (χ1) is 15.6. The van der Waals surface area contributed by atoms with Crippen molar-refractivity contribution in [2.45, 2.75) is 19.4 Å². The number of aryl methyl sites for hydroxylation is 1. The molecule has 0 unspecified atom stereocenters. The van der Waals surface area contributed by atoms with E-state index in [-0.39, 0.29) is 6.03 Å². The second-order valence-electron chi connectivity index (χ2n) is 7.82. The number of amides is 2. The van der Waals surface area contributed by atoms with E-state index in [0.717, 1.165) is 38.2 Å². The van der Waals surface area contributed by atoms with Gasteiger partial charge >= 0.3 is 12.0 Å². The number of carbonyl (C=O) groups excluding carboxylic acids is 2. The highest BCUT2D eigenvalue weighted by molar-refractivity contribution is 5.95. The number of hydrogen-bond acceptors (Lipinski definition) is 7. The van der Waals surface area contributed by atoms with Crippen LogP contribution in [-0.4, -0.2) is 66.7 Å². The van der Waals surface area contributed by atoms with E-state index < -0.39 is 12.0 Å². The van der Waals surface area contributed by atoms with Crippen molar-refractivity contribution < 1.29 is 14.3 Å². The second-order valence-corrected chi connectivity index (χ2v) is 7.82. The highest BCUT2D eigenvalue weighted by Crippen LogP contribution is 2.28. The van der Waals surface area contributed by atoms with Crippen molar-refractivity contribution in [3.63, 3.8) is 0 Å². The predicted octanol–water partition coefficient (Wildman–Crippen LogP) is 1.64. The van der Waals surface area contributed by atoms with Gasteiger partial charge in [-0.05, 0) is 23.6 Å². The molecule has 168 valence electrons. The van der Waals surface area contributed by atoms with Gasteiger partial charge in [0.25, 0.3) is 0 Å². The van der Waals surface area contributed by atoms with Crippen LogP contribution >= 0.6 is 0 Å². The summed E-state index contributed by atoms with van der Waals surface area (Å²) in [6.45, 7) is 5.58. The number of esters is 1. The van der Waals surface area contributed by atoms with Crippen molar-refractivity contribution >= 4 is 17.9 Å². The summed E-state index contributed by atoms with van der Waals surface area (Å²) in [7, 11) is 1.36. The third-order valence-electron chi connectivity index (χ3n) is 5.87. The Morgan fingerprint density at radius 2 is 1.81 bits per heavy atom. The summed E-state index contributed by atoms with van der Waals surface area (Å²) in [4.78, 5) is 38.2. The first-order valence-corrected chi connectivity index (χ1v) is 10.8. The zero-order chi connectivity index (χ0) is 22.5. The lowest BCUT2D eigenvalue weighted by Crippen LogP contribution is -2.52. The maximum Gasteiger partial charge on any atom is 0.338 e. The third kappa shape index (κ3) is 4.72. The Hall–Kier alpha value is -3.46. The smallest absolute Gasteiger partial charge is 0.338 e. The number of nitrogens with zero attached hydrogens (tertiary/aromatic N) is 4. The van der Waals surface area contributed by atoms with E-state index in [9.17, 15) is 9.59 Å². The van der Waals surface area contributed by atoms with E-state index in [1.807, 2.05) is 24.3 Å². The minimum atomic E-state index is -0.559. The van der Waals surface area contributed by atoms with Crippen molar-refractivity contribution in [2.75, 3.05) is 44.7 Å². The number of hydrogen-bond donors (Lipinski definition) is 2. The number of anilines is 1. The Bertz CT molecular complexity index is 985. The third-order valence-corrected chi connectivity index (χ3v) is 5.87. The average Bonchev–Trinajstić information content (AvgIpc) is 2.84. The topological polar surface area (TPSA) is 99.7 Å². The van der Waals surface area contributed by atoms with Crippen LogP contribution in [0.1, 0.15) is 24.1 Å². The zero-order valence-electron chi connectivity index (χ0n) is 18.4. The van der Waals surface area contributed by atoms with Gasteiger partial charge in [0.1, 0.15) is 0 Å². The van der Waals surface area contributed by atoms with Crippen molar-refractivity contribution in [2.24, 2.45) is 0 Å². The quantitative estimate of drug-likeness (QED) is 0.664. The second kappa shape index (κ2) is 9.78. The summed E-state index contributed by atoms with van der Waals surface area (Å²) < 4.78 is 5.08. The Balaban J connectivity index is 1.54. The fourth-order valence-corrected chi connectivity index (χ4v) is 4.07. The number of carbonyl (C=O) groups is 2. The lowest BCUT2D eigenvalue weighted by molar-refractivity contribution is -0.136. The van der Waals surface area contributed by atoms with Crippen LogP contribution in [0.2, 0.25) is 0 Å². The van der Waals surface area contributed by atoms with E-state index >= 15 is 0 Å². The number of benzene rings is 1. The molecule has 2 N–H and O–H groups in total. The van der Waals surface area contributed by atoms with E-state index in [0.29, 0.717) is 23.8 Å². The van der Waals surface area contributed by atoms with Crippen molar-refractivity contribution in [3.05, 3.63) is 65.1 Å². The van der Waals surface area contributed by atoms with Crippen LogP contribution in [0.3, 0.4) is 0 Å². The molecule has 1 saturated heterocycles. The number of ether oxygens (including phenoxy) is 1. The molecule has 3 heterocycles. The number of aromatic nitrogens is 2. The van der Waals surface area contributed by atoms with E-state index in [1.54, 1.807) is 18.5 Å². The molecule has 0 radical (unpaired) electrons. The van der Waals surface area contributed by atoms with Gasteiger partial charge in [-0.3, -0.25) is 4.90 Å². The zero-order valence-corrected chi connectivity index (χ0v) is 18.4. The first kappa shape index (κ1) is 21.8. The molecule has 0 bridgehead atoms. The van der Waals surface area contributed by atoms with Gasteiger partial charge in [0.15, 0.2) is 0 Å². The summed E-state index contributed by atoms with van der Waals surface area (Å²) in [5, 5.41) is 5.72. The van der Waals surface area contributed by atoms with E-state index in [4.69, 9.17) is 4.74 Å². The van der Waals surface area contributed by atoms with Crippen LogP contribution in [0, 0.1) is 0 Å². The number of nitrogens with one attached hydrogen (secondary N) is 2. The molecule has 9 heteroatoms. The fourth-order valence-electron chi connectivity index (χ4n) is 4.07.